The van der Waals surface area contributed by atoms with Crippen molar-refractivity contribution < 1.29 is 18.7 Å². The van der Waals surface area contributed by atoms with Crippen LogP contribution in [-0.2, 0) is 11.2 Å². The number of anilines is 1. The lowest BCUT2D eigenvalue weighted by molar-refractivity contribution is -0.134. The minimum atomic E-state index is -0.346. The molecule has 1 N–H and O–H groups in total. The van der Waals surface area contributed by atoms with Crippen LogP contribution in [0.1, 0.15) is 46.7 Å². The number of halogens is 1. The van der Waals surface area contributed by atoms with Gasteiger partial charge in [-0.1, -0.05) is 49.4 Å². The van der Waals surface area contributed by atoms with Crippen molar-refractivity contribution in [2.45, 2.75) is 32.1 Å². The Balaban J connectivity index is 1.16. The molecule has 0 unspecified atom stereocenters. The van der Waals surface area contributed by atoms with Crippen LogP contribution >= 0.6 is 11.3 Å². The second-order valence-electron chi connectivity index (χ2n) is 9.52. The number of nitrogens with one attached hydrogen (secondary N) is 1. The van der Waals surface area contributed by atoms with Gasteiger partial charge in [0, 0.05) is 35.6 Å². The highest BCUT2D eigenvalue weighted by Crippen LogP contribution is 2.32. The molecular weight excluding hydrogens is 513 g/mol. The number of ether oxygens (including phenoxy) is 1. The van der Waals surface area contributed by atoms with Crippen molar-refractivity contribution >= 4 is 28.8 Å². The van der Waals surface area contributed by atoms with Gasteiger partial charge >= 0.3 is 0 Å². The Kier molecular flexibility index (Phi) is 8.32. The summed E-state index contributed by atoms with van der Waals surface area (Å²) < 4.78 is 18.5. The molecule has 1 aliphatic rings. The zero-order chi connectivity index (χ0) is 27.2. The van der Waals surface area contributed by atoms with Crippen molar-refractivity contribution in [1.29, 1.82) is 0 Å². The van der Waals surface area contributed by atoms with Crippen LogP contribution < -0.4 is 10.1 Å². The molecule has 3 aromatic carbocycles. The number of rotatable bonds is 8. The van der Waals surface area contributed by atoms with Gasteiger partial charge in [-0.2, -0.15) is 0 Å². The molecule has 4 aromatic rings. The second-order valence-corrected chi connectivity index (χ2v) is 10.4. The molecule has 200 valence electrons. The highest BCUT2D eigenvalue weighted by molar-refractivity contribution is 7.10. The van der Waals surface area contributed by atoms with Crippen LogP contribution in [0.25, 0.3) is 11.1 Å². The first kappa shape index (κ1) is 26.6. The van der Waals surface area contributed by atoms with Crippen LogP contribution in [0.3, 0.4) is 0 Å². The van der Waals surface area contributed by atoms with Gasteiger partial charge in [0.25, 0.3) is 11.8 Å². The summed E-state index contributed by atoms with van der Waals surface area (Å²) in [6.07, 6.45) is 2.52. The van der Waals surface area contributed by atoms with E-state index in [9.17, 15) is 14.0 Å². The average Bonchev–Trinajstić information content (AvgIpc) is 3.48. The monoisotopic (exact) mass is 543 g/mol. The van der Waals surface area contributed by atoms with Crippen molar-refractivity contribution in [1.82, 2.24) is 9.88 Å². The molecule has 2 amide bonds. The summed E-state index contributed by atoms with van der Waals surface area (Å²) in [5.74, 6) is -0.0186. The third-order valence-electron chi connectivity index (χ3n) is 6.98. The highest BCUT2D eigenvalue weighted by atomic mass is 32.1. The molecule has 5 rings (SSSR count). The Hall–Kier alpha value is -4.04. The molecule has 0 aliphatic carbocycles. The standard InChI is InChI=1S/C31H30FN3O3S/c1-2-21-7-9-22(10-8-21)26-5-3-4-6-27(26)33-30(37)28-20-39-31(34-28)23-15-17-35(18-16-23)29(36)19-38-25-13-11-24(32)12-14-25/h3-14,20,23H,2,15-19H2,1H3,(H,33,37). The Morgan fingerprint density at radius 1 is 1.03 bits per heavy atom. The first-order chi connectivity index (χ1) is 19.0. The molecule has 2 heterocycles. The molecule has 39 heavy (non-hydrogen) atoms. The van der Waals surface area contributed by atoms with E-state index in [0.717, 1.165) is 41.1 Å². The summed E-state index contributed by atoms with van der Waals surface area (Å²) >= 11 is 1.49. The van der Waals surface area contributed by atoms with Gasteiger partial charge in [-0.3, -0.25) is 9.59 Å². The van der Waals surface area contributed by atoms with E-state index in [2.05, 4.69) is 41.5 Å². The number of likely N-dealkylation sites (tertiary alicyclic amines) is 1. The van der Waals surface area contributed by atoms with Crippen LogP contribution in [0, 0.1) is 5.82 Å². The smallest absolute Gasteiger partial charge is 0.275 e. The van der Waals surface area contributed by atoms with Gasteiger partial charge in [-0.25, -0.2) is 9.37 Å². The van der Waals surface area contributed by atoms with Crippen molar-refractivity contribution in [3.8, 4) is 16.9 Å². The van der Waals surface area contributed by atoms with E-state index >= 15 is 0 Å². The van der Waals surface area contributed by atoms with E-state index in [0.29, 0.717) is 24.5 Å². The number of carbonyl (C=O) groups is 2. The van der Waals surface area contributed by atoms with E-state index in [1.165, 1.54) is 41.2 Å². The molecular formula is C31H30FN3O3S. The zero-order valence-corrected chi connectivity index (χ0v) is 22.5. The largest absolute Gasteiger partial charge is 0.484 e. The number of aromatic nitrogens is 1. The summed E-state index contributed by atoms with van der Waals surface area (Å²) in [6.45, 7) is 3.24. The molecule has 0 spiro atoms. The first-order valence-corrected chi connectivity index (χ1v) is 14.0. The average molecular weight is 544 g/mol. The number of aryl methyl sites for hydroxylation is 1. The van der Waals surface area contributed by atoms with Gasteiger partial charge in [0.2, 0.25) is 0 Å². The van der Waals surface area contributed by atoms with Crippen molar-refractivity contribution in [2.75, 3.05) is 25.0 Å². The number of piperidine rings is 1. The molecule has 0 radical (unpaired) electrons. The van der Waals surface area contributed by atoms with Gasteiger partial charge in [0.1, 0.15) is 17.3 Å². The van der Waals surface area contributed by atoms with Gasteiger partial charge in [-0.15, -0.1) is 11.3 Å². The Labute approximate surface area is 231 Å². The molecule has 1 fully saturated rings. The summed E-state index contributed by atoms with van der Waals surface area (Å²) in [5.41, 5.74) is 4.42. The van der Waals surface area contributed by atoms with E-state index in [4.69, 9.17) is 4.74 Å². The lowest BCUT2D eigenvalue weighted by Crippen LogP contribution is -2.40. The summed E-state index contributed by atoms with van der Waals surface area (Å²) in [4.78, 5) is 32.1. The van der Waals surface area contributed by atoms with Gasteiger partial charge < -0.3 is 15.0 Å². The lowest BCUT2D eigenvalue weighted by Gasteiger charge is -2.31. The molecule has 1 aliphatic heterocycles. The fraction of sp³-hybridized carbons (Fsp3) is 0.258. The van der Waals surface area contributed by atoms with Crippen LogP contribution in [0.4, 0.5) is 10.1 Å². The maximum Gasteiger partial charge on any atom is 0.275 e. The predicted octanol–water partition coefficient (Wildman–Crippen LogP) is 6.55. The number of carbonyl (C=O) groups excluding carboxylic acids is 2. The normalized spacial score (nSPS) is 13.7. The predicted molar refractivity (Wildman–Crippen MR) is 152 cm³/mol. The molecule has 0 saturated carbocycles. The molecule has 8 heteroatoms. The first-order valence-electron chi connectivity index (χ1n) is 13.1. The van der Waals surface area contributed by atoms with Gasteiger partial charge in [0.15, 0.2) is 6.61 Å². The van der Waals surface area contributed by atoms with Crippen LogP contribution in [0.5, 0.6) is 5.75 Å². The van der Waals surface area contributed by atoms with Crippen LogP contribution in [0.15, 0.2) is 78.2 Å². The Morgan fingerprint density at radius 3 is 2.46 bits per heavy atom. The summed E-state index contributed by atoms with van der Waals surface area (Å²) in [6, 6.07) is 21.8. The fourth-order valence-corrected chi connectivity index (χ4v) is 5.64. The van der Waals surface area contributed by atoms with E-state index in [1.807, 2.05) is 24.3 Å². The molecule has 1 aromatic heterocycles. The third-order valence-corrected chi connectivity index (χ3v) is 7.98. The van der Waals surface area contributed by atoms with Crippen LogP contribution in [-0.4, -0.2) is 41.4 Å². The maximum atomic E-state index is 13.1. The van der Waals surface area contributed by atoms with Gasteiger partial charge in [-0.05, 0) is 60.7 Å². The maximum absolute atomic E-state index is 13.1. The minimum Gasteiger partial charge on any atom is -0.484 e. The van der Waals surface area contributed by atoms with Crippen LogP contribution in [0.2, 0.25) is 0 Å². The van der Waals surface area contributed by atoms with Crippen molar-refractivity contribution in [3.63, 3.8) is 0 Å². The van der Waals surface area contributed by atoms with E-state index < -0.39 is 0 Å². The van der Waals surface area contributed by atoms with Gasteiger partial charge in [0.05, 0.1) is 5.01 Å². The SMILES string of the molecule is CCc1ccc(-c2ccccc2NC(=O)c2csc(C3CCN(C(=O)COc4ccc(F)cc4)CC3)n2)cc1. The van der Waals surface area contributed by atoms with Crippen molar-refractivity contribution in [3.05, 3.63) is 100 Å². The topological polar surface area (TPSA) is 71.5 Å². The number of nitrogens with zero attached hydrogens (tertiary/aromatic N) is 2. The molecule has 6 nitrogen and oxygen atoms in total. The second kappa shape index (κ2) is 12.2. The quantitative estimate of drug-likeness (QED) is 0.274. The minimum absolute atomic E-state index is 0.0813. The zero-order valence-electron chi connectivity index (χ0n) is 21.7. The fourth-order valence-electron chi connectivity index (χ4n) is 4.67. The Bertz CT molecular complexity index is 1430. The van der Waals surface area contributed by atoms with E-state index in [-0.39, 0.29) is 30.2 Å². The number of benzene rings is 3. The molecule has 0 atom stereocenters. The molecule has 1 saturated heterocycles. The Morgan fingerprint density at radius 2 is 1.74 bits per heavy atom. The number of hydrogen-bond acceptors (Lipinski definition) is 5. The highest BCUT2D eigenvalue weighted by Gasteiger charge is 2.26. The number of amides is 2. The third kappa shape index (κ3) is 6.52. The molecule has 0 bridgehead atoms. The number of hydrogen-bond donors (Lipinski definition) is 1. The van der Waals surface area contributed by atoms with E-state index in [1.54, 1.807) is 10.3 Å². The van der Waals surface area contributed by atoms with Crippen molar-refractivity contribution in [2.24, 2.45) is 0 Å². The lowest BCUT2D eigenvalue weighted by atomic mass is 9.97. The summed E-state index contributed by atoms with van der Waals surface area (Å²) in [7, 11) is 0. The number of thiazole rings is 1. The number of para-hydroxylation sites is 1. The summed E-state index contributed by atoms with van der Waals surface area (Å²) in [5, 5.41) is 5.76.